The van der Waals surface area contributed by atoms with E-state index in [0.717, 1.165) is 5.56 Å². The van der Waals surface area contributed by atoms with Crippen LogP contribution >= 0.6 is 0 Å². The van der Waals surface area contributed by atoms with Crippen molar-refractivity contribution in [1.82, 2.24) is 9.97 Å². The molecule has 0 aliphatic rings. The van der Waals surface area contributed by atoms with Crippen LogP contribution in [0.25, 0.3) is 11.4 Å². The highest BCUT2D eigenvalue weighted by molar-refractivity contribution is 5.86. The van der Waals surface area contributed by atoms with Gasteiger partial charge in [0.05, 0.1) is 0 Å². The fourth-order valence-electron chi connectivity index (χ4n) is 1.82. The third kappa shape index (κ3) is 2.93. The summed E-state index contributed by atoms with van der Waals surface area (Å²) in [5.74, 6) is -0.651. The smallest absolute Gasteiger partial charge is 0.354 e. The van der Waals surface area contributed by atoms with Crippen LogP contribution in [0.15, 0.2) is 30.3 Å². The van der Waals surface area contributed by atoms with Crippen molar-refractivity contribution in [3.8, 4) is 11.4 Å². The minimum atomic E-state index is -1.12. The van der Waals surface area contributed by atoms with Gasteiger partial charge in [-0.1, -0.05) is 45.0 Å². The van der Waals surface area contributed by atoms with Crippen LogP contribution in [0.1, 0.15) is 36.8 Å². The molecule has 2 rings (SSSR count). The van der Waals surface area contributed by atoms with Gasteiger partial charge >= 0.3 is 5.97 Å². The van der Waals surface area contributed by atoms with E-state index in [0.29, 0.717) is 5.82 Å². The first-order valence-electron chi connectivity index (χ1n) is 6.26. The summed E-state index contributed by atoms with van der Waals surface area (Å²) < 4.78 is 0. The molecule has 0 atom stereocenters. The standard InChI is InChI=1S/C15H17N3O2/c1-15(2,3)10-6-4-9(5-7-10)13-17-11(14(19)20)8-12(16)18-13/h4-8H,1-3H3,(H,19,20)(H2,16,17,18). The topological polar surface area (TPSA) is 89.1 Å². The minimum absolute atomic E-state index is 0.0569. The number of aromatic carboxylic acids is 1. The number of benzene rings is 1. The van der Waals surface area contributed by atoms with Crippen molar-refractivity contribution in [3.63, 3.8) is 0 Å². The Labute approximate surface area is 117 Å². The average Bonchev–Trinajstić information content (AvgIpc) is 2.37. The van der Waals surface area contributed by atoms with Crippen molar-refractivity contribution in [2.45, 2.75) is 26.2 Å². The number of anilines is 1. The van der Waals surface area contributed by atoms with Crippen LogP contribution in [0.3, 0.4) is 0 Å². The molecule has 0 fully saturated rings. The molecular formula is C15H17N3O2. The maximum Gasteiger partial charge on any atom is 0.354 e. The molecule has 1 heterocycles. The number of hydrogen-bond acceptors (Lipinski definition) is 4. The van der Waals surface area contributed by atoms with Gasteiger partial charge in [-0.05, 0) is 11.0 Å². The molecule has 1 aromatic carbocycles. The molecule has 0 spiro atoms. The first-order valence-corrected chi connectivity index (χ1v) is 6.26. The van der Waals surface area contributed by atoms with Crippen molar-refractivity contribution < 1.29 is 9.90 Å². The zero-order valence-corrected chi connectivity index (χ0v) is 11.7. The number of rotatable bonds is 2. The summed E-state index contributed by atoms with van der Waals surface area (Å²) in [5.41, 5.74) is 7.50. The van der Waals surface area contributed by atoms with Crippen LogP contribution in [0.4, 0.5) is 5.82 Å². The van der Waals surface area contributed by atoms with Gasteiger partial charge in [-0.2, -0.15) is 0 Å². The van der Waals surface area contributed by atoms with Crippen LogP contribution in [-0.2, 0) is 5.41 Å². The SMILES string of the molecule is CC(C)(C)c1ccc(-c2nc(N)cc(C(=O)O)n2)cc1. The zero-order chi connectivity index (χ0) is 14.9. The molecule has 2 aromatic rings. The summed E-state index contributed by atoms with van der Waals surface area (Å²) in [4.78, 5) is 19.1. The lowest BCUT2D eigenvalue weighted by Crippen LogP contribution is -2.10. The van der Waals surface area contributed by atoms with Gasteiger partial charge in [0.25, 0.3) is 0 Å². The number of carbonyl (C=O) groups is 1. The molecule has 5 nitrogen and oxygen atoms in total. The quantitative estimate of drug-likeness (QED) is 0.876. The van der Waals surface area contributed by atoms with Gasteiger partial charge in [0.1, 0.15) is 5.82 Å². The lowest BCUT2D eigenvalue weighted by molar-refractivity contribution is 0.0690. The summed E-state index contributed by atoms with van der Waals surface area (Å²) in [6.07, 6.45) is 0. The van der Waals surface area contributed by atoms with Crippen molar-refractivity contribution in [2.75, 3.05) is 5.73 Å². The Bertz CT molecular complexity index is 643. The molecule has 0 aliphatic carbocycles. The van der Waals surface area contributed by atoms with Gasteiger partial charge < -0.3 is 10.8 Å². The Morgan fingerprint density at radius 1 is 1.15 bits per heavy atom. The maximum atomic E-state index is 11.0. The predicted octanol–water partition coefficient (Wildman–Crippen LogP) is 2.72. The van der Waals surface area contributed by atoms with Gasteiger partial charge in [0.15, 0.2) is 11.5 Å². The molecule has 1 aromatic heterocycles. The Balaban J connectivity index is 2.44. The van der Waals surface area contributed by atoms with Crippen molar-refractivity contribution >= 4 is 11.8 Å². The molecule has 20 heavy (non-hydrogen) atoms. The van der Waals surface area contributed by atoms with Gasteiger partial charge in [-0.3, -0.25) is 0 Å². The van der Waals surface area contributed by atoms with E-state index in [1.807, 2.05) is 24.3 Å². The number of nitrogens with two attached hydrogens (primary N) is 1. The van der Waals surface area contributed by atoms with Crippen LogP contribution in [0, 0.1) is 0 Å². The highest BCUT2D eigenvalue weighted by Gasteiger charge is 2.14. The minimum Gasteiger partial charge on any atom is -0.477 e. The summed E-state index contributed by atoms with van der Waals surface area (Å²) in [5, 5.41) is 8.99. The molecule has 0 amide bonds. The normalized spacial score (nSPS) is 11.3. The summed E-state index contributed by atoms with van der Waals surface area (Å²) in [7, 11) is 0. The number of carboxylic acid groups (broad SMARTS) is 1. The molecular weight excluding hydrogens is 254 g/mol. The van der Waals surface area contributed by atoms with E-state index in [4.69, 9.17) is 10.8 Å². The van der Waals surface area contributed by atoms with Crippen LogP contribution < -0.4 is 5.73 Å². The number of nitrogens with zero attached hydrogens (tertiary/aromatic N) is 2. The van der Waals surface area contributed by atoms with Crippen LogP contribution in [0.2, 0.25) is 0 Å². The van der Waals surface area contributed by atoms with Gasteiger partial charge in [-0.25, -0.2) is 14.8 Å². The Morgan fingerprint density at radius 2 is 1.75 bits per heavy atom. The van der Waals surface area contributed by atoms with Crippen LogP contribution in [0.5, 0.6) is 0 Å². The van der Waals surface area contributed by atoms with Crippen molar-refractivity contribution in [2.24, 2.45) is 0 Å². The van der Waals surface area contributed by atoms with E-state index in [2.05, 4.69) is 30.7 Å². The van der Waals surface area contributed by atoms with Crippen LogP contribution in [-0.4, -0.2) is 21.0 Å². The third-order valence-corrected chi connectivity index (χ3v) is 2.97. The monoisotopic (exact) mass is 271 g/mol. The molecule has 3 N–H and O–H groups in total. The highest BCUT2D eigenvalue weighted by Crippen LogP contribution is 2.25. The third-order valence-electron chi connectivity index (χ3n) is 2.97. The number of aromatic nitrogens is 2. The van der Waals surface area contributed by atoms with E-state index in [-0.39, 0.29) is 16.9 Å². The first-order chi connectivity index (χ1) is 9.27. The summed E-state index contributed by atoms with van der Waals surface area (Å²) >= 11 is 0. The number of carboxylic acids is 1. The number of nitrogen functional groups attached to an aromatic ring is 1. The van der Waals surface area contributed by atoms with Crippen molar-refractivity contribution in [1.29, 1.82) is 0 Å². The molecule has 0 radical (unpaired) electrons. The fourth-order valence-corrected chi connectivity index (χ4v) is 1.82. The fraction of sp³-hybridized carbons (Fsp3) is 0.267. The van der Waals surface area contributed by atoms with Crippen molar-refractivity contribution in [3.05, 3.63) is 41.6 Å². The molecule has 0 bridgehead atoms. The summed E-state index contributed by atoms with van der Waals surface area (Å²) in [6.45, 7) is 6.38. The Hall–Kier alpha value is -2.43. The average molecular weight is 271 g/mol. The highest BCUT2D eigenvalue weighted by atomic mass is 16.4. The van der Waals surface area contributed by atoms with E-state index in [1.54, 1.807) is 0 Å². The number of hydrogen-bond donors (Lipinski definition) is 2. The lowest BCUT2D eigenvalue weighted by Gasteiger charge is -2.19. The zero-order valence-electron chi connectivity index (χ0n) is 11.7. The molecule has 104 valence electrons. The van der Waals surface area contributed by atoms with Gasteiger partial charge in [0.2, 0.25) is 0 Å². The van der Waals surface area contributed by atoms with E-state index >= 15 is 0 Å². The molecule has 0 aliphatic heterocycles. The maximum absolute atomic E-state index is 11.0. The van der Waals surface area contributed by atoms with E-state index < -0.39 is 5.97 Å². The van der Waals surface area contributed by atoms with Gasteiger partial charge in [-0.15, -0.1) is 0 Å². The lowest BCUT2D eigenvalue weighted by atomic mass is 9.87. The Kier molecular flexibility index (Phi) is 3.44. The second kappa shape index (κ2) is 4.92. The molecule has 5 heteroatoms. The second-order valence-corrected chi connectivity index (χ2v) is 5.63. The van der Waals surface area contributed by atoms with E-state index in [1.165, 1.54) is 11.6 Å². The molecule has 0 saturated carbocycles. The first kappa shape index (κ1) is 14.0. The summed E-state index contributed by atoms with van der Waals surface area (Å²) in [6, 6.07) is 8.97. The Morgan fingerprint density at radius 3 is 2.25 bits per heavy atom. The molecule has 0 saturated heterocycles. The predicted molar refractivity (Wildman–Crippen MR) is 77.5 cm³/mol. The van der Waals surface area contributed by atoms with E-state index in [9.17, 15) is 4.79 Å². The molecule has 0 unspecified atom stereocenters. The largest absolute Gasteiger partial charge is 0.477 e. The second-order valence-electron chi connectivity index (χ2n) is 5.63. The van der Waals surface area contributed by atoms with Gasteiger partial charge in [0, 0.05) is 11.6 Å².